The van der Waals surface area contributed by atoms with Gasteiger partial charge >= 0.3 is 0 Å². The molecule has 1 unspecified atom stereocenters. The Kier molecular flexibility index (Phi) is 4.50. The van der Waals surface area contributed by atoms with Crippen molar-refractivity contribution >= 4 is 5.91 Å². The molecule has 120 valence electrons. The lowest BCUT2D eigenvalue weighted by atomic mass is 9.87. The minimum atomic E-state index is -0.0351. The fourth-order valence-electron chi connectivity index (χ4n) is 3.66. The van der Waals surface area contributed by atoms with Gasteiger partial charge in [0.2, 0.25) is 5.91 Å². The summed E-state index contributed by atoms with van der Waals surface area (Å²) in [4.78, 5) is 16.8. The van der Waals surface area contributed by atoms with Gasteiger partial charge in [-0.3, -0.25) is 9.69 Å². The Balaban J connectivity index is 1.72. The van der Waals surface area contributed by atoms with E-state index >= 15 is 0 Å². The van der Waals surface area contributed by atoms with Gasteiger partial charge in [-0.25, -0.2) is 0 Å². The van der Waals surface area contributed by atoms with Gasteiger partial charge in [-0.1, -0.05) is 30.3 Å². The molecule has 2 saturated heterocycles. The number of nitrogens with zero attached hydrogens (tertiary/aromatic N) is 2. The predicted octanol–water partition coefficient (Wildman–Crippen LogP) is 2.15. The van der Waals surface area contributed by atoms with Gasteiger partial charge in [-0.2, -0.15) is 0 Å². The summed E-state index contributed by atoms with van der Waals surface area (Å²) < 4.78 is 5.86. The highest BCUT2D eigenvalue weighted by Crippen LogP contribution is 2.35. The molecule has 22 heavy (non-hydrogen) atoms. The molecule has 0 bridgehead atoms. The van der Waals surface area contributed by atoms with Crippen LogP contribution in [0.1, 0.15) is 25.8 Å². The van der Waals surface area contributed by atoms with E-state index in [1.165, 1.54) is 5.56 Å². The number of carbonyl (C=O) groups excluding carboxylic acids is 1. The molecule has 4 nitrogen and oxygen atoms in total. The molecule has 2 fully saturated rings. The van der Waals surface area contributed by atoms with Gasteiger partial charge in [0.1, 0.15) is 0 Å². The number of hydrogen-bond donors (Lipinski definition) is 0. The summed E-state index contributed by atoms with van der Waals surface area (Å²) in [6.07, 6.45) is 0.621. The van der Waals surface area contributed by atoms with Crippen LogP contribution in [-0.4, -0.2) is 54.6 Å². The van der Waals surface area contributed by atoms with Crippen LogP contribution in [0.25, 0.3) is 0 Å². The zero-order valence-electron chi connectivity index (χ0n) is 13.6. The third-order valence-electron chi connectivity index (χ3n) is 4.74. The molecular formula is C18H26N2O2. The molecule has 1 amide bonds. The Labute approximate surface area is 133 Å². The molecule has 0 N–H and O–H groups in total. The molecular weight excluding hydrogens is 276 g/mol. The molecule has 0 saturated carbocycles. The Hall–Kier alpha value is -1.39. The van der Waals surface area contributed by atoms with Crippen LogP contribution in [0.2, 0.25) is 0 Å². The minimum absolute atomic E-state index is 0.0351. The van der Waals surface area contributed by atoms with E-state index in [1.807, 2.05) is 11.0 Å². The third kappa shape index (κ3) is 3.33. The van der Waals surface area contributed by atoms with E-state index in [2.05, 4.69) is 43.0 Å². The molecule has 0 aliphatic carbocycles. The second-order valence-corrected chi connectivity index (χ2v) is 7.04. The van der Waals surface area contributed by atoms with Crippen molar-refractivity contribution in [1.29, 1.82) is 0 Å². The summed E-state index contributed by atoms with van der Waals surface area (Å²) in [6, 6.07) is 10.8. The highest BCUT2D eigenvalue weighted by Gasteiger charge is 2.46. The molecule has 1 spiro atoms. The molecule has 2 aliphatic rings. The number of benzene rings is 1. The zero-order chi connectivity index (χ0) is 15.6. The van der Waals surface area contributed by atoms with E-state index in [9.17, 15) is 4.79 Å². The van der Waals surface area contributed by atoms with Crippen LogP contribution < -0.4 is 0 Å². The second-order valence-electron chi connectivity index (χ2n) is 7.04. The van der Waals surface area contributed by atoms with Crippen molar-refractivity contribution in [1.82, 2.24) is 9.80 Å². The Bertz CT molecular complexity index is 517. The lowest BCUT2D eigenvalue weighted by molar-refractivity contribution is -0.129. The summed E-state index contributed by atoms with van der Waals surface area (Å²) in [7, 11) is 0. The number of ether oxygens (including phenoxy) is 1. The molecule has 3 rings (SSSR count). The van der Waals surface area contributed by atoms with Crippen LogP contribution in [0.15, 0.2) is 30.3 Å². The van der Waals surface area contributed by atoms with E-state index < -0.39 is 0 Å². The average Bonchev–Trinajstić information content (AvgIpc) is 2.69. The highest BCUT2D eigenvalue weighted by atomic mass is 16.5. The van der Waals surface area contributed by atoms with E-state index in [-0.39, 0.29) is 17.4 Å². The van der Waals surface area contributed by atoms with Gasteiger partial charge in [0.25, 0.3) is 0 Å². The highest BCUT2D eigenvalue weighted by molar-refractivity contribution is 5.79. The molecule has 0 radical (unpaired) electrons. The summed E-state index contributed by atoms with van der Waals surface area (Å²) in [5, 5.41) is 0. The number of carbonyl (C=O) groups is 1. The van der Waals surface area contributed by atoms with Crippen LogP contribution in [0.5, 0.6) is 0 Å². The first-order valence-corrected chi connectivity index (χ1v) is 8.21. The molecule has 0 aromatic heterocycles. The monoisotopic (exact) mass is 302 g/mol. The Morgan fingerprint density at radius 3 is 2.68 bits per heavy atom. The van der Waals surface area contributed by atoms with Gasteiger partial charge in [-0.05, 0) is 19.4 Å². The maximum atomic E-state index is 12.3. The van der Waals surface area contributed by atoms with Gasteiger partial charge in [-0.15, -0.1) is 0 Å². The van der Waals surface area contributed by atoms with Crippen LogP contribution in [0.3, 0.4) is 0 Å². The summed E-state index contributed by atoms with van der Waals surface area (Å²) in [5.41, 5.74) is 1.29. The third-order valence-corrected chi connectivity index (χ3v) is 4.74. The normalized spacial score (nSPS) is 26.9. The van der Waals surface area contributed by atoms with Gasteiger partial charge in [0.05, 0.1) is 13.2 Å². The molecule has 1 aromatic carbocycles. The number of hydrogen-bond acceptors (Lipinski definition) is 3. The maximum Gasteiger partial charge on any atom is 0.223 e. The van der Waals surface area contributed by atoms with Crippen molar-refractivity contribution in [3.63, 3.8) is 0 Å². The van der Waals surface area contributed by atoms with Crippen molar-refractivity contribution in [2.24, 2.45) is 5.41 Å². The van der Waals surface area contributed by atoms with Crippen LogP contribution in [0, 0.1) is 5.41 Å². The average molecular weight is 302 g/mol. The molecule has 4 heteroatoms. The van der Waals surface area contributed by atoms with Crippen LogP contribution >= 0.6 is 0 Å². The SMILES string of the molecule is CC(C)N1CC2(COCCN(Cc3ccccc3)C2)CC1=O. The van der Waals surface area contributed by atoms with E-state index in [1.54, 1.807) is 0 Å². The maximum absolute atomic E-state index is 12.3. The number of amides is 1. The van der Waals surface area contributed by atoms with E-state index in [4.69, 9.17) is 4.74 Å². The number of likely N-dealkylation sites (tertiary alicyclic amines) is 1. The van der Waals surface area contributed by atoms with Crippen molar-refractivity contribution in [2.45, 2.75) is 32.9 Å². The van der Waals surface area contributed by atoms with Gasteiger partial charge < -0.3 is 9.64 Å². The smallest absolute Gasteiger partial charge is 0.223 e. The fourth-order valence-corrected chi connectivity index (χ4v) is 3.66. The summed E-state index contributed by atoms with van der Waals surface area (Å²) >= 11 is 0. The Morgan fingerprint density at radius 1 is 1.23 bits per heavy atom. The van der Waals surface area contributed by atoms with Crippen LogP contribution in [-0.2, 0) is 16.1 Å². The first kappa shape index (κ1) is 15.5. The quantitative estimate of drug-likeness (QED) is 0.857. The van der Waals surface area contributed by atoms with Crippen molar-refractivity contribution in [2.75, 3.05) is 32.8 Å². The largest absolute Gasteiger partial charge is 0.379 e. The summed E-state index contributed by atoms with van der Waals surface area (Å²) in [6.45, 7) is 9.28. The fraction of sp³-hybridized carbons (Fsp3) is 0.611. The number of rotatable bonds is 3. The lowest BCUT2D eigenvalue weighted by Gasteiger charge is -2.32. The Morgan fingerprint density at radius 2 is 2.00 bits per heavy atom. The first-order valence-electron chi connectivity index (χ1n) is 8.21. The second kappa shape index (κ2) is 6.39. The molecule has 2 aliphatic heterocycles. The van der Waals surface area contributed by atoms with Crippen molar-refractivity contribution in [3.8, 4) is 0 Å². The van der Waals surface area contributed by atoms with E-state index in [0.717, 1.165) is 32.8 Å². The lowest BCUT2D eigenvalue weighted by Crippen LogP contribution is -2.41. The minimum Gasteiger partial charge on any atom is -0.379 e. The van der Waals surface area contributed by atoms with Crippen LogP contribution in [0.4, 0.5) is 0 Å². The van der Waals surface area contributed by atoms with Gasteiger partial charge in [0, 0.05) is 44.1 Å². The standard InChI is InChI=1S/C18H26N2O2/c1-15(2)20-13-18(10-17(20)21)12-19(8-9-22-14-18)11-16-6-4-3-5-7-16/h3-7,15H,8-14H2,1-2H3. The van der Waals surface area contributed by atoms with Crippen molar-refractivity contribution < 1.29 is 9.53 Å². The van der Waals surface area contributed by atoms with Crippen molar-refractivity contribution in [3.05, 3.63) is 35.9 Å². The molecule has 1 atom stereocenters. The molecule has 1 aromatic rings. The predicted molar refractivity (Wildman–Crippen MR) is 86.4 cm³/mol. The summed E-state index contributed by atoms with van der Waals surface area (Å²) in [5.74, 6) is 0.278. The van der Waals surface area contributed by atoms with E-state index in [0.29, 0.717) is 13.0 Å². The van der Waals surface area contributed by atoms with Gasteiger partial charge in [0.15, 0.2) is 0 Å². The molecule has 2 heterocycles. The zero-order valence-corrected chi connectivity index (χ0v) is 13.6. The first-order chi connectivity index (χ1) is 10.6. The topological polar surface area (TPSA) is 32.8 Å².